The van der Waals surface area contributed by atoms with Crippen LogP contribution in [0, 0.1) is 13.8 Å². The Balaban J connectivity index is 0.000000791. The summed E-state index contributed by atoms with van der Waals surface area (Å²) in [5.74, 6) is 0. The minimum Gasteiger partial charge on any atom is -0.272 e. The van der Waals surface area contributed by atoms with Crippen molar-refractivity contribution in [3.8, 4) is 0 Å². The van der Waals surface area contributed by atoms with Crippen molar-refractivity contribution < 1.29 is 0 Å². The molecule has 0 fully saturated rings. The Morgan fingerprint density at radius 1 is 1.29 bits per heavy atom. The van der Waals surface area contributed by atoms with Crippen LogP contribution >= 0.6 is 0 Å². The maximum Gasteiger partial charge on any atom is 0.0677 e. The van der Waals surface area contributed by atoms with Crippen molar-refractivity contribution in [3.05, 3.63) is 35.3 Å². The fraction of sp³-hybridized carbons (Fsp3) is 0.333. The number of aryl methyl sites for hydroxylation is 2. The Labute approximate surface area is 86.4 Å². The SMILES string of the molecule is C=N/C=C\c1nc(C)ccc1C.CC. The van der Waals surface area contributed by atoms with Gasteiger partial charge in [-0.3, -0.25) is 9.98 Å². The van der Waals surface area contributed by atoms with Crippen molar-refractivity contribution in [2.75, 3.05) is 0 Å². The first-order valence-electron chi connectivity index (χ1n) is 4.80. The van der Waals surface area contributed by atoms with Gasteiger partial charge in [0.1, 0.15) is 0 Å². The molecule has 1 rings (SSSR count). The van der Waals surface area contributed by atoms with Crippen LogP contribution in [0.3, 0.4) is 0 Å². The van der Waals surface area contributed by atoms with Crippen LogP contribution in [0.5, 0.6) is 0 Å². The Morgan fingerprint density at radius 3 is 2.50 bits per heavy atom. The first kappa shape index (κ1) is 12.6. The molecule has 0 bridgehead atoms. The van der Waals surface area contributed by atoms with Crippen LogP contribution in [0.1, 0.15) is 30.8 Å². The molecule has 0 aliphatic carbocycles. The van der Waals surface area contributed by atoms with Gasteiger partial charge in [-0.1, -0.05) is 19.9 Å². The fourth-order valence-corrected chi connectivity index (χ4v) is 0.938. The molecule has 2 nitrogen and oxygen atoms in total. The maximum absolute atomic E-state index is 4.34. The predicted octanol–water partition coefficient (Wildman–Crippen LogP) is 3.40. The van der Waals surface area contributed by atoms with Gasteiger partial charge in [-0.25, -0.2) is 0 Å². The van der Waals surface area contributed by atoms with Crippen LogP contribution in [0.4, 0.5) is 0 Å². The second-order valence-electron chi connectivity index (χ2n) is 2.65. The van der Waals surface area contributed by atoms with E-state index >= 15 is 0 Å². The van der Waals surface area contributed by atoms with Crippen molar-refractivity contribution in [3.63, 3.8) is 0 Å². The van der Waals surface area contributed by atoms with E-state index in [1.807, 2.05) is 45.9 Å². The molecule has 2 heteroatoms. The van der Waals surface area contributed by atoms with Gasteiger partial charge >= 0.3 is 0 Å². The summed E-state index contributed by atoms with van der Waals surface area (Å²) < 4.78 is 0. The van der Waals surface area contributed by atoms with E-state index in [4.69, 9.17) is 0 Å². The molecular formula is C12H18N2. The predicted molar refractivity (Wildman–Crippen MR) is 63.6 cm³/mol. The van der Waals surface area contributed by atoms with Crippen LogP contribution in [-0.2, 0) is 0 Å². The third kappa shape index (κ3) is 3.99. The Hall–Kier alpha value is -1.44. The number of rotatable bonds is 2. The molecule has 0 unspecified atom stereocenters. The fourth-order valence-electron chi connectivity index (χ4n) is 0.938. The van der Waals surface area contributed by atoms with E-state index in [0.29, 0.717) is 0 Å². The lowest BCUT2D eigenvalue weighted by atomic mass is 10.2. The topological polar surface area (TPSA) is 25.2 Å². The van der Waals surface area contributed by atoms with Crippen LogP contribution < -0.4 is 0 Å². The lowest BCUT2D eigenvalue weighted by Gasteiger charge is -1.99. The van der Waals surface area contributed by atoms with Crippen molar-refractivity contribution >= 4 is 12.8 Å². The minimum atomic E-state index is 0.961. The number of aromatic nitrogens is 1. The normalized spacial score (nSPS) is 9.43. The molecule has 0 aromatic carbocycles. The number of hydrogen-bond donors (Lipinski definition) is 0. The van der Waals surface area contributed by atoms with Gasteiger partial charge in [-0.2, -0.15) is 0 Å². The van der Waals surface area contributed by atoms with Crippen molar-refractivity contribution in [2.45, 2.75) is 27.7 Å². The van der Waals surface area contributed by atoms with E-state index in [1.54, 1.807) is 6.20 Å². The van der Waals surface area contributed by atoms with Crippen LogP contribution in [-0.4, -0.2) is 11.7 Å². The zero-order valence-electron chi connectivity index (χ0n) is 9.41. The van der Waals surface area contributed by atoms with Gasteiger partial charge in [-0.05, 0) is 38.3 Å². The molecule has 0 N–H and O–H groups in total. The second-order valence-corrected chi connectivity index (χ2v) is 2.65. The molecular weight excluding hydrogens is 172 g/mol. The van der Waals surface area contributed by atoms with Gasteiger partial charge in [-0.15, -0.1) is 0 Å². The molecule has 0 saturated heterocycles. The lowest BCUT2D eigenvalue weighted by Crippen LogP contribution is -1.88. The molecule has 0 aliphatic rings. The highest BCUT2D eigenvalue weighted by molar-refractivity contribution is 5.49. The second kappa shape index (κ2) is 7.01. The molecule has 1 heterocycles. The molecule has 1 aromatic heterocycles. The highest BCUT2D eigenvalue weighted by Gasteiger charge is 1.94. The van der Waals surface area contributed by atoms with Crippen LogP contribution in [0.15, 0.2) is 23.3 Å². The summed E-state index contributed by atoms with van der Waals surface area (Å²) in [5, 5.41) is 0. The largest absolute Gasteiger partial charge is 0.272 e. The Morgan fingerprint density at radius 2 is 1.93 bits per heavy atom. The standard InChI is InChI=1S/C10H12N2.C2H6/c1-8-4-5-9(2)12-10(8)6-7-11-3;1-2/h4-7H,3H2,1-2H3;1-2H3/b7-6-;. The summed E-state index contributed by atoms with van der Waals surface area (Å²) in [5.41, 5.74) is 3.13. The maximum atomic E-state index is 4.34. The highest BCUT2D eigenvalue weighted by Crippen LogP contribution is 2.07. The van der Waals surface area contributed by atoms with Crippen LogP contribution in [0.2, 0.25) is 0 Å². The zero-order chi connectivity index (χ0) is 11.0. The molecule has 0 atom stereocenters. The van der Waals surface area contributed by atoms with Gasteiger partial charge in [0, 0.05) is 11.9 Å². The van der Waals surface area contributed by atoms with Gasteiger partial charge in [0.05, 0.1) is 5.69 Å². The van der Waals surface area contributed by atoms with Gasteiger partial charge in [0.2, 0.25) is 0 Å². The van der Waals surface area contributed by atoms with E-state index in [9.17, 15) is 0 Å². The summed E-state index contributed by atoms with van der Waals surface area (Å²) in [4.78, 5) is 7.97. The molecule has 0 radical (unpaired) electrons. The van der Waals surface area contributed by atoms with Crippen molar-refractivity contribution in [1.82, 2.24) is 4.98 Å². The summed E-state index contributed by atoms with van der Waals surface area (Å²) in [6.45, 7) is 11.4. The summed E-state index contributed by atoms with van der Waals surface area (Å²) >= 11 is 0. The Kier molecular flexibility index (Phi) is 6.29. The molecule has 76 valence electrons. The zero-order valence-corrected chi connectivity index (χ0v) is 9.41. The average Bonchev–Trinajstić information content (AvgIpc) is 2.22. The number of pyridine rings is 1. The number of aliphatic imine (C=N–C) groups is 1. The van der Waals surface area contributed by atoms with Gasteiger partial charge < -0.3 is 0 Å². The minimum absolute atomic E-state index is 0.961. The highest BCUT2D eigenvalue weighted by atomic mass is 14.7. The third-order valence-electron chi connectivity index (χ3n) is 1.61. The first-order chi connectivity index (χ1) is 6.74. The molecule has 1 aromatic rings. The number of hydrogen-bond acceptors (Lipinski definition) is 2. The summed E-state index contributed by atoms with van der Waals surface area (Å²) in [6, 6.07) is 4.04. The molecule has 0 amide bonds. The first-order valence-corrected chi connectivity index (χ1v) is 4.80. The lowest BCUT2D eigenvalue weighted by molar-refractivity contribution is 1.15. The van der Waals surface area contributed by atoms with Gasteiger partial charge in [0.25, 0.3) is 0 Å². The third-order valence-corrected chi connectivity index (χ3v) is 1.61. The van der Waals surface area contributed by atoms with Crippen LogP contribution in [0.25, 0.3) is 6.08 Å². The molecule has 0 saturated carbocycles. The Bertz CT molecular complexity index is 314. The smallest absolute Gasteiger partial charge is 0.0677 e. The number of nitrogens with zero attached hydrogens (tertiary/aromatic N) is 2. The summed E-state index contributed by atoms with van der Waals surface area (Å²) in [7, 11) is 0. The quantitative estimate of drug-likeness (QED) is 0.656. The summed E-state index contributed by atoms with van der Waals surface area (Å²) in [6.07, 6.45) is 3.50. The van der Waals surface area contributed by atoms with E-state index in [1.165, 1.54) is 0 Å². The molecule has 14 heavy (non-hydrogen) atoms. The average molecular weight is 190 g/mol. The van der Waals surface area contributed by atoms with E-state index in [0.717, 1.165) is 17.0 Å². The molecule has 0 aliphatic heterocycles. The van der Waals surface area contributed by atoms with Crippen molar-refractivity contribution in [2.24, 2.45) is 4.99 Å². The van der Waals surface area contributed by atoms with Crippen molar-refractivity contribution in [1.29, 1.82) is 0 Å². The van der Waals surface area contributed by atoms with Gasteiger partial charge in [0.15, 0.2) is 0 Å². The van der Waals surface area contributed by atoms with E-state index in [2.05, 4.69) is 16.7 Å². The molecule has 0 spiro atoms. The van der Waals surface area contributed by atoms with E-state index < -0.39 is 0 Å². The monoisotopic (exact) mass is 190 g/mol. The van der Waals surface area contributed by atoms with E-state index in [-0.39, 0.29) is 0 Å².